The topological polar surface area (TPSA) is 17.8 Å². The van der Waals surface area contributed by atoms with Crippen molar-refractivity contribution >= 4 is 0 Å². The molecule has 3 aliphatic carbocycles. The van der Waals surface area contributed by atoms with Crippen molar-refractivity contribution in [2.24, 2.45) is 5.92 Å². The van der Waals surface area contributed by atoms with Crippen LogP contribution in [0.25, 0.3) is 0 Å². The van der Waals surface area contributed by atoms with E-state index in [2.05, 4.69) is 4.98 Å². The van der Waals surface area contributed by atoms with Crippen LogP contribution in [0, 0.1) is 5.92 Å². The van der Waals surface area contributed by atoms with Gasteiger partial charge in [-0.05, 0) is 58.3 Å². The number of rotatable bonds is 2. The molecule has 3 aliphatic rings. The van der Waals surface area contributed by atoms with E-state index in [4.69, 9.17) is 0 Å². The number of aromatic nitrogens is 2. The van der Waals surface area contributed by atoms with Gasteiger partial charge in [0.15, 0.2) is 5.69 Å². The predicted octanol–water partition coefficient (Wildman–Crippen LogP) is 4.70. The van der Waals surface area contributed by atoms with Gasteiger partial charge in [-0.15, -0.1) is 0 Å². The minimum atomic E-state index is -4.35. The number of halogens is 3. The van der Waals surface area contributed by atoms with Crippen LogP contribution in [0.1, 0.15) is 69.9 Å². The Hall–Kier alpha value is -1.00. The molecule has 0 atom stereocenters. The van der Waals surface area contributed by atoms with E-state index in [0.29, 0.717) is 5.82 Å². The summed E-state index contributed by atoms with van der Waals surface area (Å²) in [6, 6.07) is 0.0163. The fourth-order valence-electron chi connectivity index (χ4n) is 3.90. The van der Waals surface area contributed by atoms with Gasteiger partial charge in [0.2, 0.25) is 0 Å². The zero-order valence-corrected chi connectivity index (χ0v) is 12.0. The summed E-state index contributed by atoms with van der Waals surface area (Å²) in [6.45, 7) is 3.85. The van der Waals surface area contributed by atoms with Gasteiger partial charge in [-0.2, -0.15) is 13.2 Å². The molecule has 0 saturated heterocycles. The SMILES string of the molecule is CC(C)n1cc(C(F)(F)F)nc1C12CCC(CC1)CC2. The monoisotopic (exact) mass is 286 g/mol. The summed E-state index contributed by atoms with van der Waals surface area (Å²) < 4.78 is 40.7. The van der Waals surface area contributed by atoms with Gasteiger partial charge in [0, 0.05) is 17.7 Å². The molecule has 1 aromatic rings. The molecule has 0 radical (unpaired) electrons. The summed E-state index contributed by atoms with van der Waals surface area (Å²) in [5.74, 6) is 1.47. The third-order valence-electron chi connectivity index (χ3n) is 5.15. The molecule has 2 nitrogen and oxygen atoms in total. The van der Waals surface area contributed by atoms with Crippen molar-refractivity contribution in [1.29, 1.82) is 0 Å². The fourth-order valence-corrected chi connectivity index (χ4v) is 3.90. The van der Waals surface area contributed by atoms with Crippen LogP contribution in [0.3, 0.4) is 0 Å². The van der Waals surface area contributed by atoms with Crippen molar-refractivity contribution in [3.63, 3.8) is 0 Å². The number of alkyl halides is 3. The van der Waals surface area contributed by atoms with Crippen molar-refractivity contribution < 1.29 is 13.2 Å². The van der Waals surface area contributed by atoms with Crippen LogP contribution in [0.15, 0.2) is 6.20 Å². The van der Waals surface area contributed by atoms with Crippen molar-refractivity contribution in [2.75, 3.05) is 0 Å². The average Bonchev–Trinajstić information content (AvgIpc) is 2.86. The highest BCUT2D eigenvalue weighted by Crippen LogP contribution is 2.52. The van der Waals surface area contributed by atoms with Crippen LogP contribution in [0.4, 0.5) is 13.2 Å². The Kier molecular flexibility index (Phi) is 3.14. The summed E-state index contributed by atoms with van der Waals surface area (Å²) in [4.78, 5) is 4.03. The Morgan fingerprint density at radius 2 is 1.75 bits per heavy atom. The van der Waals surface area contributed by atoms with E-state index < -0.39 is 11.9 Å². The highest BCUT2D eigenvalue weighted by molar-refractivity contribution is 5.20. The number of imidazole rings is 1. The summed E-state index contributed by atoms with van der Waals surface area (Å²) in [5, 5.41) is 0. The molecule has 0 aromatic carbocycles. The largest absolute Gasteiger partial charge is 0.434 e. The summed E-state index contributed by atoms with van der Waals surface area (Å²) in [6.07, 6.45) is 3.29. The highest BCUT2D eigenvalue weighted by atomic mass is 19.4. The van der Waals surface area contributed by atoms with Gasteiger partial charge in [-0.25, -0.2) is 4.98 Å². The maximum Gasteiger partial charge on any atom is 0.434 e. The lowest BCUT2D eigenvalue weighted by Gasteiger charge is -2.46. The first-order valence-corrected chi connectivity index (χ1v) is 7.48. The van der Waals surface area contributed by atoms with Gasteiger partial charge in [0.05, 0.1) is 0 Å². The Balaban J connectivity index is 2.05. The number of nitrogens with zero attached hydrogens (tertiary/aromatic N) is 2. The van der Waals surface area contributed by atoms with E-state index in [1.54, 1.807) is 4.57 Å². The highest BCUT2D eigenvalue weighted by Gasteiger charge is 2.46. The minimum absolute atomic E-state index is 0.0163. The lowest BCUT2D eigenvalue weighted by Crippen LogP contribution is -2.40. The third-order valence-corrected chi connectivity index (χ3v) is 5.15. The lowest BCUT2D eigenvalue weighted by atomic mass is 9.60. The van der Waals surface area contributed by atoms with Crippen LogP contribution < -0.4 is 0 Å². The Labute approximate surface area is 117 Å². The summed E-state index contributed by atoms with van der Waals surface area (Å²) in [5.41, 5.74) is -0.842. The first-order valence-electron chi connectivity index (χ1n) is 7.48. The molecule has 4 rings (SSSR count). The smallest absolute Gasteiger partial charge is 0.331 e. The van der Waals surface area contributed by atoms with Crippen molar-refractivity contribution in [1.82, 2.24) is 9.55 Å². The maximum absolute atomic E-state index is 13.0. The molecule has 0 amide bonds. The summed E-state index contributed by atoms with van der Waals surface area (Å²) in [7, 11) is 0. The van der Waals surface area contributed by atoms with Gasteiger partial charge in [-0.3, -0.25) is 0 Å². The number of hydrogen-bond donors (Lipinski definition) is 0. The molecule has 112 valence electrons. The van der Waals surface area contributed by atoms with E-state index in [0.717, 1.165) is 44.4 Å². The molecular formula is C15H21F3N2. The molecular weight excluding hydrogens is 265 g/mol. The molecule has 1 heterocycles. The molecule has 5 heteroatoms. The molecule has 2 bridgehead atoms. The second-order valence-electron chi connectivity index (χ2n) is 6.71. The molecule has 0 aliphatic heterocycles. The zero-order valence-electron chi connectivity index (χ0n) is 12.0. The number of hydrogen-bond acceptors (Lipinski definition) is 1. The van der Waals surface area contributed by atoms with E-state index in [1.807, 2.05) is 13.8 Å². The van der Waals surface area contributed by atoms with Crippen LogP contribution in [-0.2, 0) is 11.6 Å². The van der Waals surface area contributed by atoms with E-state index in [1.165, 1.54) is 6.20 Å². The fraction of sp³-hybridized carbons (Fsp3) is 0.800. The quantitative estimate of drug-likeness (QED) is 0.770. The van der Waals surface area contributed by atoms with Gasteiger partial charge in [-0.1, -0.05) is 0 Å². The summed E-state index contributed by atoms with van der Waals surface area (Å²) >= 11 is 0. The van der Waals surface area contributed by atoms with Crippen molar-refractivity contribution in [3.05, 3.63) is 17.7 Å². The average molecular weight is 286 g/mol. The molecule has 0 N–H and O–H groups in total. The Bertz CT molecular complexity index is 480. The van der Waals surface area contributed by atoms with Gasteiger partial charge >= 0.3 is 6.18 Å². The second kappa shape index (κ2) is 4.50. The van der Waals surface area contributed by atoms with Crippen molar-refractivity contribution in [3.8, 4) is 0 Å². The van der Waals surface area contributed by atoms with Gasteiger partial charge in [0.25, 0.3) is 0 Å². The second-order valence-corrected chi connectivity index (χ2v) is 6.71. The molecule has 0 spiro atoms. The Morgan fingerprint density at radius 3 is 2.20 bits per heavy atom. The first-order chi connectivity index (χ1) is 9.32. The predicted molar refractivity (Wildman–Crippen MR) is 70.5 cm³/mol. The van der Waals surface area contributed by atoms with E-state index in [-0.39, 0.29) is 11.5 Å². The van der Waals surface area contributed by atoms with E-state index in [9.17, 15) is 13.2 Å². The molecule has 0 unspecified atom stereocenters. The molecule has 1 aromatic heterocycles. The Morgan fingerprint density at radius 1 is 1.20 bits per heavy atom. The lowest BCUT2D eigenvalue weighted by molar-refractivity contribution is -0.141. The number of fused-ring (bicyclic) bond motifs is 3. The standard InChI is InChI=1S/C15H21F3N2/c1-10(2)20-9-12(15(16,17)18)19-13(20)14-6-3-11(4-7-14)5-8-14/h9-11H,3-8H2,1-2H3. The van der Waals surface area contributed by atoms with Crippen molar-refractivity contribution in [2.45, 2.75) is 70.0 Å². The third kappa shape index (κ3) is 2.15. The van der Waals surface area contributed by atoms with Crippen LogP contribution in [0.2, 0.25) is 0 Å². The first kappa shape index (κ1) is 14.0. The van der Waals surface area contributed by atoms with Gasteiger partial charge < -0.3 is 4.57 Å². The molecule has 3 saturated carbocycles. The van der Waals surface area contributed by atoms with E-state index >= 15 is 0 Å². The van der Waals surface area contributed by atoms with Gasteiger partial charge in [0.1, 0.15) is 5.82 Å². The van der Waals surface area contributed by atoms with Crippen LogP contribution in [0.5, 0.6) is 0 Å². The normalized spacial score (nSPS) is 30.2. The molecule has 20 heavy (non-hydrogen) atoms. The molecule has 3 fully saturated rings. The van der Waals surface area contributed by atoms with Crippen LogP contribution >= 0.6 is 0 Å². The minimum Gasteiger partial charge on any atom is -0.331 e. The zero-order chi connectivity index (χ0) is 14.5. The van der Waals surface area contributed by atoms with Crippen LogP contribution in [-0.4, -0.2) is 9.55 Å². The maximum atomic E-state index is 13.0.